The first-order valence-electron chi connectivity index (χ1n) is 5.38. The van der Waals surface area contributed by atoms with Crippen molar-refractivity contribution in [1.29, 1.82) is 0 Å². The van der Waals surface area contributed by atoms with Crippen molar-refractivity contribution in [2.75, 3.05) is 37.4 Å². The van der Waals surface area contributed by atoms with Crippen LogP contribution in [0.3, 0.4) is 0 Å². The van der Waals surface area contributed by atoms with E-state index in [4.69, 9.17) is 15.6 Å². The Hall–Kier alpha value is -1.37. The van der Waals surface area contributed by atoms with E-state index in [1.807, 2.05) is 18.2 Å². The Morgan fingerprint density at radius 1 is 1.41 bits per heavy atom. The van der Waals surface area contributed by atoms with Crippen LogP contribution < -0.4 is 11.1 Å². The molecular formula is C11H15N3O2S. The highest BCUT2D eigenvalue weighted by Gasteiger charge is 2.02. The Balaban J connectivity index is 1.91. The number of ether oxygens (including phenoxy) is 1. The predicted molar refractivity (Wildman–Crippen MR) is 70.4 cm³/mol. The molecule has 1 aromatic carbocycles. The summed E-state index contributed by atoms with van der Waals surface area (Å²) < 4.78 is 6.22. The number of anilines is 2. The number of thiazole rings is 1. The standard InChI is InChI=1S/C11H15N3O2S/c12-8-1-2-9-10(7-8)17-11(14-9)13-3-5-16-6-4-15/h1-2,7,15H,3-6,12H2,(H,13,14). The van der Waals surface area contributed by atoms with E-state index in [0.717, 1.165) is 21.0 Å². The van der Waals surface area contributed by atoms with Crippen molar-refractivity contribution < 1.29 is 9.84 Å². The first kappa shape index (κ1) is 12.1. The second-order valence-electron chi connectivity index (χ2n) is 3.51. The maximum atomic E-state index is 8.54. The quantitative estimate of drug-likeness (QED) is 0.534. The van der Waals surface area contributed by atoms with Gasteiger partial charge in [-0.25, -0.2) is 4.98 Å². The lowest BCUT2D eigenvalue weighted by molar-refractivity contribution is 0.0992. The van der Waals surface area contributed by atoms with Gasteiger partial charge in [-0.3, -0.25) is 0 Å². The topological polar surface area (TPSA) is 80.4 Å². The lowest BCUT2D eigenvalue weighted by atomic mass is 10.3. The molecule has 0 aliphatic carbocycles. The number of rotatable bonds is 6. The number of nitrogens with two attached hydrogens (primary N) is 1. The Morgan fingerprint density at radius 3 is 3.12 bits per heavy atom. The van der Waals surface area contributed by atoms with E-state index in [2.05, 4.69) is 10.3 Å². The molecule has 2 aromatic rings. The number of aliphatic hydroxyl groups excluding tert-OH is 1. The van der Waals surface area contributed by atoms with E-state index < -0.39 is 0 Å². The Kier molecular flexibility index (Phi) is 4.13. The lowest BCUT2D eigenvalue weighted by Crippen LogP contribution is -2.10. The molecule has 5 nitrogen and oxygen atoms in total. The summed E-state index contributed by atoms with van der Waals surface area (Å²) in [7, 11) is 0. The van der Waals surface area contributed by atoms with Gasteiger partial charge in [0.2, 0.25) is 0 Å². The molecule has 92 valence electrons. The van der Waals surface area contributed by atoms with Gasteiger partial charge in [-0.1, -0.05) is 11.3 Å². The fourth-order valence-electron chi connectivity index (χ4n) is 1.41. The predicted octanol–water partition coefficient (Wildman–Crippen LogP) is 1.30. The maximum absolute atomic E-state index is 8.54. The van der Waals surface area contributed by atoms with Crippen molar-refractivity contribution in [2.24, 2.45) is 0 Å². The van der Waals surface area contributed by atoms with Crippen LogP contribution in [0, 0.1) is 0 Å². The molecule has 0 saturated carbocycles. The molecule has 6 heteroatoms. The van der Waals surface area contributed by atoms with Gasteiger partial charge in [-0.2, -0.15) is 0 Å². The molecule has 0 aliphatic rings. The van der Waals surface area contributed by atoms with Crippen LogP contribution in [0.5, 0.6) is 0 Å². The SMILES string of the molecule is Nc1ccc2nc(NCCOCCO)sc2c1. The number of hydrogen-bond donors (Lipinski definition) is 3. The van der Waals surface area contributed by atoms with E-state index in [-0.39, 0.29) is 6.61 Å². The van der Waals surface area contributed by atoms with Gasteiger partial charge in [0.1, 0.15) is 0 Å². The number of benzene rings is 1. The average Bonchev–Trinajstić information content (AvgIpc) is 2.70. The van der Waals surface area contributed by atoms with Crippen LogP contribution in [-0.4, -0.2) is 36.5 Å². The number of aromatic nitrogens is 1. The van der Waals surface area contributed by atoms with E-state index in [9.17, 15) is 0 Å². The Morgan fingerprint density at radius 2 is 2.29 bits per heavy atom. The molecule has 0 unspecified atom stereocenters. The molecule has 0 amide bonds. The Bertz CT molecular complexity index is 487. The van der Waals surface area contributed by atoms with Crippen LogP contribution in [-0.2, 0) is 4.74 Å². The highest BCUT2D eigenvalue weighted by Crippen LogP contribution is 2.27. The van der Waals surface area contributed by atoms with E-state index >= 15 is 0 Å². The zero-order chi connectivity index (χ0) is 12.1. The highest BCUT2D eigenvalue weighted by molar-refractivity contribution is 7.22. The molecule has 4 N–H and O–H groups in total. The summed E-state index contributed by atoms with van der Waals surface area (Å²) in [6.45, 7) is 1.66. The van der Waals surface area contributed by atoms with Crippen molar-refractivity contribution in [3.05, 3.63) is 18.2 Å². The molecule has 0 spiro atoms. The molecule has 0 aliphatic heterocycles. The maximum Gasteiger partial charge on any atom is 0.183 e. The third-order valence-corrected chi connectivity index (χ3v) is 3.15. The molecule has 2 rings (SSSR count). The number of nitrogen functional groups attached to an aromatic ring is 1. The zero-order valence-electron chi connectivity index (χ0n) is 9.35. The van der Waals surface area contributed by atoms with Gasteiger partial charge in [0.05, 0.1) is 30.0 Å². The molecule has 1 heterocycles. The molecule has 0 bridgehead atoms. The van der Waals surface area contributed by atoms with Crippen LogP contribution >= 0.6 is 11.3 Å². The monoisotopic (exact) mass is 253 g/mol. The second-order valence-corrected chi connectivity index (χ2v) is 4.54. The summed E-state index contributed by atoms with van der Waals surface area (Å²) in [5, 5.41) is 12.6. The number of nitrogens with zero attached hydrogens (tertiary/aromatic N) is 1. The zero-order valence-corrected chi connectivity index (χ0v) is 10.2. The van der Waals surface area contributed by atoms with Gasteiger partial charge in [-0.15, -0.1) is 0 Å². The van der Waals surface area contributed by atoms with Crippen molar-refractivity contribution in [3.8, 4) is 0 Å². The molecule has 17 heavy (non-hydrogen) atoms. The Labute approximate surface area is 103 Å². The summed E-state index contributed by atoms with van der Waals surface area (Å²) in [6, 6.07) is 5.67. The second kappa shape index (κ2) is 5.81. The third kappa shape index (κ3) is 3.29. The molecular weight excluding hydrogens is 238 g/mol. The fourth-order valence-corrected chi connectivity index (χ4v) is 2.35. The summed E-state index contributed by atoms with van der Waals surface area (Å²) in [5.41, 5.74) is 7.40. The molecule has 0 saturated heterocycles. The van der Waals surface area contributed by atoms with Gasteiger partial charge in [0.15, 0.2) is 5.13 Å². The van der Waals surface area contributed by atoms with Crippen molar-refractivity contribution in [1.82, 2.24) is 4.98 Å². The van der Waals surface area contributed by atoms with E-state index in [1.54, 1.807) is 11.3 Å². The molecule has 0 fully saturated rings. The van der Waals surface area contributed by atoms with Gasteiger partial charge in [0.25, 0.3) is 0 Å². The summed E-state index contributed by atoms with van der Waals surface area (Å²) in [4.78, 5) is 4.42. The minimum absolute atomic E-state index is 0.0560. The molecule has 0 radical (unpaired) electrons. The van der Waals surface area contributed by atoms with Crippen LogP contribution in [0.4, 0.5) is 10.8 Å². The minimum Gasteiger partial charge on any atom is -0.399 e. The number of aliphatic hydroxyl groups is 1. The van der Waals surface area contributed by atoms with Crippen LogP contribution in [0.2, 0.25) is 0 Å². The average molecular weight is 253 g/mol. The first-order chi connectivity index (χ1) is 8.29. The van der Waals surface area contributed by atoms with Gasteiger partial charge in [0, 0.05) is 12.2 Å². The first-order valence-corrected chi connectivity index (χ1v) is 6.20. The van der Waals surface area contributed by atoms with Crippen molar-refractivity contribution in [3.63, 3.8) is 0 Å². The summed E-state index contributed by atoms with van der Waals surface area (Å²) in [6.07, 6.45) is 0. The summed E-state index contributed by atoms with van der Waals surface area (Å²) >= 11 is 1.57. The molecule has 1 aromatic heterocycles. The smallest absolute Gasteiger partial charge is 0.183 e. The fraction of sp³-hybridized carbons (Fsp3) is 0.364. The van der Waals surface area contributed by atoms with Crippen LogP contribution in [0.1, 0.15) is 0 Å². The summed E-state index contributed by atoms with van der Waals surface area (Å²) in [5.74, 6) is 0. The minimum atomic E-state index is 0.0560. The van der Waals surface area contributed by atoms with Gasteiger partial charge < -0.3 is 20.9 Å². The van der Waals surface area contributed by atoms with E-state index in [1.165, 1.54) is 0 Å². The van der Waals surface area contributed by atoms with Gasteiger partial charge >= 0.3 is 0 Å². The number of nitrogens with one attached hydrogen (secondary N) is 1. The van der Waals surface area contributed by atoms with Crippen molar-refractivity contribution >= 4 is 32.4 Å². The largest absolute Gasteiger partial charge is 0.399 e. The molecule has 0 atom stereocenters. The number of hydrogen-bond acceptors (Lipinski definition) is 6. The van der Waals surface area contributed by atoms with Crippen molar-refractivity contribution in [2.45, 2.75) is 0 Å². The van der Waals surface area contributed by atoms with Gasteiger partial charge in [-0.05, 0) is 18.2 Å². The third-order valence-electron chi connectivity index (χ3n) is 2.17. The van der Waals surface area contributed by atoms with E-state index in [0.29, 0.717) is 19.8 Å². The number of fused-ring (bicyclic) bond motifs is 1. The highest BCUT2D eigenvalue weighted by atomic mass is 32.1. The normalized spacial score (nSPS) is 10.9. The van der Waals surface area contributed by atoms with Crippen LogP contribution in [0.15, 0.2) is 18.2 Å². The van der Waals surface area contributed by atoms with Crippen LogP contribution in [0.25, 0.3) is 10.2 Å². The lowest BCUT2D eigenvalue weighted by Gasteiger charge is -2.02.